The smallest absolute Gasteiger partial charge is 0.242 e. The molecule has 0 fully saturated rings. The number of anilines is 1. The van der Waals surface area contributed by atoms with E-state index in [2.05, 4.69) is 5.32 Å². The Morgan fingerprint density at radius 3 is 2.43 bits per heavy atom. The van der Waals surface area contributed by atoms with Crippen LogP contribution in [-0.2, 0) is 26.2 Å². The van der Waals surface area contributed by atoms with Crippen molar-refractivity contribution >= 4 is 27.5 Å². The minimum Gasteiger partial charge on any atom is -0.497 e. The summed E-state index contributed by atoms with van der Waals surface area (Å²) in [5.74, 6) is 1.17. The van der Waals surface area contributed by atoms with Gasteiger partial charge in [-0.15, -0.1) is 0 Å². The number of fused-ring (bicyclic) bond motifs is 1. The summed E-state index contributed by atoms with van der Waals surface area (Å²) < 4.78 is 42.0. The summed E-state index contributed by atoms with van der Waals surface area (Å²) >= 11 is 0. The average molecular weight is 506 g/mol. The Kier molecular flexibility index (Phi) is 8.44. The van der Waals surface area contributed by atoms with Crippen LogP contribution in [0, 0.1) is 0 Å². The van der Waals surface area contributed by atoms with Crippen molar-refractivity contribution < 1.29 is 32.2 Å². The molecule has 3 rings (SSSR count). The molecule has 10 nitrogen and oxygen atoms in total. The molecule has 1 heterocycles. The highest BCUT2D eigenvalue weighted by atomic mass is 32.2. The minimum atomic E-state index is -3.61. The van der Waals surface area contributed by atoms with Gasteiger partial charge in [0.1, 0.15) is 11.8 Å². The zero-order valence-corrected chi connectivity index (χ0v) is 21.1. The highest BCUT2D eigenvalue weighted by Crippen LogP contribution is 2.36. The lowest BCUT2D eigenvalue weighted by Crippen LogP contribution is -2.46. The number of hydrogen-bond donors (Lipinski definition) is 1. The maximum atomic E-state index is 13.2. The van der Waals surface area contributed by atoms with Gasteiger partial charge < -0.3 is 24.4 Å². The van der Waals surface area contributed by atoms with Crippen molar-refractivity contribution in [1.82, 2.24) is 10.2 Å². The number of ether oxygens (including phenoxy) is 3. The van der Waals surface area contributed by atoms with Gasteiger partial charge in [0.2, 0.25) is 28.6 Å². The number of hydrogen-bond acceptors (Lipinski definition) is 7. The van der Waals surface area contributed by atoms with Crippen LogP contribution >= 0.6 is 0 Å². The van der Waals surface area contributed by atoms with Crippen LogP contribution in [0.1, 0.15) is 25.3 Å². The van der Waals surface area contributed by atoms with Crippen molar-refractivity contribution in [3.8, 4) is 17.2 Å². The van der Waals surface area contributed by atoms with Crippen LogP contribution in [-0.4, -0.2) is 64.9 Å². The van der Waals surface area contributed by atoms with Gasteiger partial charge in [0, 0.05) is 32.6 Å². The Hall–Kier alpha value is -3.47. The normalized spacial score (nSPS) is 13.1. The SMILES string of the molecule is CNC(=O)C(C)N(Cc1ccc(OC)cc1)C(=O)CCCN(c1ccc2c(c1)OCO2)S(C)(=O)=O. The second-order valence-electron chi connectivity index (χ2n) is 8.14. The molecule has 1 unspecified atom stereocenters. The number of methoxy groups -OCH3 is 1. The first-order valence-corrected chi connectivity index (χ1v) is 13.0. The second-order valence-corrected chi connectivity index (χ2v) is 10.0. The fourth-order valence-corrected chi connectivity index (χ4v) is 4.72. The van der Waals surface area contributed by atoms with E-state index in [9.17, 15) is 18.0 Å². The number of amides is 2. The summed E-state index contributed by atoms with van der Waals surface area (Å²) in [5, 5.41) is 2.58. The molecule has 0 saturated heterocycles. The molecule has 0 spiro atoms. The summed E-state index contributed by atoms with van der Waals surface area (Å²) in [6.07, 6.45) is 1.44. The second kappa shape index (κ2) is 11.3. The molecule has 1 aliphatic rings. The monoisotopic (exact) mass is 505 g/mol. The van der Waals surface area contributed by atoms with Crippen LogP contribution in [0.3, 0.4) is 0 Å². The summed E-state index contributed by atoms with van der Waals surface area (Å²) in [7, 11) is -0.517. The van der Waals surface area contributed by atoms with Crippen LogP contribution in [0.5, 0.6) is 17.2 Å². The number of carbonyl (C=O) groups excluding carboxylic acids is 2. The average Bonchev–Trinajstić information content (AvgIpc) is 3.31. The molecule has 1 atom stereocenters. The standard InChI is InChI=1S/C24H31N3O7S/c1-17(24(29)25-2)26(15-18-7-10-20(32-3)11-8-18)23(28)6-5-13-27(35(4,30)31)19-9-12-21-22(14-19)34-16-33-21/h7-12,14,17H,5-6,13,15-16H2,1-4H3,(H,25,29). The largest absolute Gasteiger partial charge is 0.497 e. The number of nitrogens with zero attached hydrogens (tertiary/aromatic N) is 2. The van der Waals surface area contributed by atoms with E-state index in [1.165, 1.54) is 16.3 Å². The molecule has 190 valence electrons. The fourth-order valence-electron chi connectivity index (χ4n) is 3.76. The van der Waals surface area contributed by atoms with E-state index >= 15 is 0 Å². The molecule has 0 bridgehead atoms. The lowest BCUT2D eigenvalue weighted by molar-refractivity contribution is -0.140. The highest BCUT2D eigenvalue weighted by molar-refractivity contribution is 7.92. The predicted octanol–water partition coefficient (Wildman–Crippen LogP) is 2.13. The number of sulfonamides is 1. The Bertz CT molecular complexity index is 1150. The van der Waals surface area contributed by atoms with E-state index in [0.29, 0.717) is 22.9 Å². The van der Waals surface area contributed by atoms with Crippen LogP contribution in [0.15, 0.2) is 42.5 Å². The van der Waals surface area contributed by atoms with E-state index in [0.717, 1.165) is 11.8 Å². The van der Waals surface area contributed by atoms with Gasteiger partial charge >= 0.3 is 0 Å². The lowest BCUT2D eigenvalue weighted by atomic mass is 10.1. The van der Waals surface area contributed by atoms with Gasteiger partial charge in [0.25, 0.3) is 0 Å². The summed E-state index contributed by atoms with van der Waals surface area (Å²) in [6.45, 7) is 2.07. The minimum absolute atomic E-state index is 0.0636. The molecular weight excluding hydrogens is 474 g/mol. The van der Waals surface area contributed by atoms with Crippen LogP contribution in [0.2, 0.25) is 0 Å². The Morgan fingerprint density at radius 2 is 1.80 bits per heavy atom. The molecule has 0 radical (unpaired) electrons. The Morgan fingerprint density at radius 1 is 1.11 bits per heavy atom. The van der Waals surface area contributed by atoms with Gasteiger partial charge in [-0.1, -0.05) is 12.1 Å². The summed E-state index contributed by atoms with van der Waals surface area (Å²) in [4.78, 5) is 27.0. The predicted molar refractivity (Wildman–Crippen MR) is 131 cm³/mol. The number of benzene rings is 2. The zero-order valence-electron chi connectivity index (χ0n) is 20.3. The number of rotatable bonds is 11. The topological polar surface area (TPSA) is 114 Å². The lowest BCUT2D eigenvalue weighted by Gasteiger charge is -2.29. The van der Waals surface area contributed by atoms with Gasteiger partial charge in [-0.25, -0.2) is 8.42 Å². The quantitative estimate of drug-likeness (QED) is 0.498. The van der Waals surface area contributed by atoms with Gasteiger partial charge in [-0.05, 0) is 43.2 Å². The maximum absolute atomic E-state index is 13.2. The van der Waals surface area contributed by atoms with Crippen molar-refractivity contribution in [3.63, 3.8) is 0 Å². The van der Waals surface area contributed by atoms with E-state index in [1.54, 1.807) is 44.4 Å². The van der Waals surface area contributed by atoms with Crippen LogP contribution in [0.4, 0.5) is 5.69 Å². The van der Waals surface area contributed by atoms with Crippen molar-refractivity contribution in [1.29, 1.82) is 0 Å². The van der Waals surface area contributed by atoms with Crippen LogP contribution < -0.4 is 23.8 Å². The first-order chi connectivity index (χ1) is 16.6. The number of likely N-dealkylation sites (N-methyl/N-ethyl adjacent to an activating group) is 1. The molecule has 35 heavy (non-hydrogen) atoms. The number of nitrogens with one attached hydrogen (secondary N) is 1. The molecule has 2 aromatic rings. The molecule has 2 aromatic carbocycles. The van der Waals surface area contributed by atoms with E-state index < -0.39 is 16.1 Å². The molecular formula is C24H31N3O7S. The third-order valence-electron chi connectivity index (χ3n) is 5.72. The third kappa shape index (κ3) is 6.56. The highest BCUT2D eigenvalue weighted by Gasteiger charge is 2.26. The van der Waals surface area contributed by atoms with E-state index in [1.807, 2.05) is 12.1 Å². The molecule has 0 aliphatic carbocycles. The fraction of sp³-hybridized carbons (Fsp3) is 0.417. The van der Waals surface area contributed by atoms with E-state index in [4.69, 9.17) is 14.2 Å². The van der Waals surface area contributed by atoms with Gasteiger partial charge in [-0.2, -0.15) is 0 Å². The maximum Gasteiger partial charge on any atom is 0.242 e. The van der Waals surface area contributed by atoms with Crippen molar-refractivity contribution in [3.05, 3.63) is 48.0 Å². The molecule has 0 saturated carbocycles. The molecule has 0 aromatic heterocycles. The zero-order chi connectivity index (χ0) is 25.6. The van der Waals surface area contributed by atoms with Gasteiger partial charge in [0.15, 0.2) is 11.5 Å². The first kappa shape index (κ1) is 26.1. The summed E-state index contributed by atoms with van der Waals surface area (Å²) in [6, 6.07) is 11.4. The van der Waals surface area contributed by atoms with Crippen LogP contribution in [0.25, 0.3) is 0 Å². The first-order valence-electron chi connectivity index (χ1n) is 11.2. The van der Waals surface area contributed by atoms with Gasteiger partial charge in [-0.3, -0.25) is 13.9 Å². The Balaban J connectivity index is 1.71. The third-order valence-corrected chi connectivity index (χ3v) is 6.92. The Labute approximate surface area is 205 Å². The van der Waals surface area contributed by atoms with Crippen molar-refractivity contribution in [2.45, 2.75) is 32.4 Å². The molecule has 1 N–H and O–H groups in total. The molecule has 11 heteroatoms. The van der Waals surface area contributed by atoms with Crippen molar-refractivity contribution in [2.75, 3.05) is 38.1 Å². The van der Waals surface area contributed by atoms with E-state index in [-0.39, 0.29) is 44.5 Å². The molecule has 1 aliphatic heterocycles. The molecule has 2 amide bonds. The summed E-state index contributed by atoms with van der Waals surface area (Å²) in [5.41, 5.74) is 1.27. The number of carbonyl (C=O) groups is 2. The van der Waals surface area contributed by atoms with Crippen molar-refractivity contribution in [2.24, 2.45) is 0 Å². The van der Waals surface area contributed by atoms with Gasteiger partial charge in [0.05, 0.1) is 19.1 Å².